The first-order valence-electron chi connectivity index (χ1n) is 8.87. The highest BCUT2D eigenvalue weighted by atomic mass is 16.5. The summed E-state index contributed by atoms with van der Waals surface area (Å²) in [6, 6.07) is 8.55. The summed E-state index contributed by atoms with van der Waals surface area (Å²) in [4.78, 5) is 2.41. The summed E-state index contributed by atoms with van der Waals surface area (Å²) in [6.45, 7) is 21.9. The fourth-order valence-corrected chi connectivity index (χ4v) is 2.94. The third-order valence-corrected chi connectivity index (χ3v) is 5.43. The highest BCUT2D eigenvalue weighted by molar-refractivity contribution is 5.33. The van der Waals surface area contributed by atoms with Crippen LogP contribution in [0.15, 0.2) is 35.4 Å². The van der Waals surface area contributed by atoms with Gasteiger partial charge in [-0.15, -0.1) is 0 Å². The molecule has 0 saturated carbocycles. The van der Waals surface area contributed by atoms with E-state index in [1.807, 2.05) is 0 Å². The molecule has 0 amide bonds. The van der Waals surface area contributed by atoms with Crippen molar-refractivity contribution in [1.29, 1.82) is 0 Å². The number of rotatable bonds is 5. The van der Waals surface area contributed by atoms with Crippen LogP contribution in [0.4, 0.5) is 0 Å². The van der Waals surface area contributed by atoms with Crippen LogP contribution in [0.5, 0.6) is 5.75 Å². The smallest absolute Gasteiger partial charge is 0.124 e. The molecule has 0 radical (unpaired) electrons. The van der Waals surface area contributed by atoms with Gasteiger partial charge in [0.15, 0.2) is 0 Å². The zero-order chi connectivity index (χ0) is 18.9. The van der Waals surface area contributed by atoms with Gasteiger partial charge in [-0.2, -0.15) is 0 Å². The summed E-state index contributed by atoms with van der Waals surface area (Å²) in [5.74, 6) is 0.915. The Labute approximate surface area is 149 Å². The SMILES string of the molecule is CC(C)=C(C)C(C)(C)Oc1ccc(C(C)(C)N(C)C(C)(C)C)cc1. The Morgan fingerprint density at radius 3 is 1.67 bits per heavy atom. The average molecular weight is 332 g/mol. The molecule has 0 unspecified atom stereocenters. The molecule has 24 heavy (non-hydrogen) atoms. The lowest BCUT2D eigenvalue weighted by Crippen LogP contribution is -2.49. The van der Waals surface area contributed by atoms with E-state index < -0.39 is 0 Å². The van der Waals surface area contributed by atoms with Crippen molar-refractivity contribution < 1.29 is 4.74 Å². The van der Waals surface area contributed by atoms with E-state index in [1.165, 1.54) is 16.7 Å². The molecule has 1 aromatic carbocycles. The number of hydrogen-bond acceptors (Lipinski definition) is 2. The van der Waals surface area contributed by atoms with Gasteiger partial charge in [0.25, 0.3) is 0 Å². The minimum Gasteiger partial charge on any atom is -0.484 e. The standard InChI is InChI=1S/C22H37NO/c1-16(2)17(3)22(9,10)24-19-14-12-18(13-15-19)21(7,8)23(11)20(4,5)6/h12-15H,1-11H3. The van der Waals surface area contributed by atoms with Gasteiger partial charge in [-0.1, -0.05) is 17.7 Å². The number of hydrogen-bond donors (Lipinski definition) is 0. The van der Waals surface area contributed by atoms with Gasteiger partial charge in [-0.05, 0) is 99.6 Å². The number of nitrogens with zero attached hydrogens (tertiary/aromatic N) is 1. The molecule has 0 aliphatic carbocycles. The van der Waals surface area contributed by atoms with E-state index in [0.717, 1.165) is 5.75 Å². The fraction of sp³-hybridized carbons (Fsp3) is 0.636. The molecule has 0 aliphatic rings. The molecule has 2 heteroatoms. The maximum Gasteiger partial charge on any atom is 0.124 e. The Balaban J connectivity index is 3.04. The van der Waals surface area contributed by atoms with E-state index >= 15 is 0 Å². The van der Waals surface area contributed by atoms with Gasteiger partial charge in [-0.25, -0.2) is 0 Å². The summed E-state index contributed by atoms with van der Waals surface area (Å²) in [5, 5.41) is 0. The Morgan fingerprint density at radius 2 is 1.29 bits per heavy atom. The molecule has 1 aromatic rings. The van der Waals surface area contributed by atoms with Crippen molar-refractivity contribution in [2.24, 2.45) is 0 Å². The lowest BCUT2D eigenvalue weighted by Gasteiger charge is -2.45. The molecular weight excluding hydrogens is 294 g/mol. The Kier molecular flexibility index (Phi) is 5.98. The molecule has 0 heterocycles. The van der Waals surface area contributed by atoms with Gasteiger partial charge in [0.2, 0.25) is 0 Å². The van der Waals surface area contributed by atoms with Crippen molar-refractivity contribution >= 4 is 0 Å². The number of allylic oxidation sites excluding steroid dienone is 1. The third kappa shape index (κ3) is 4.63. The highest BCUT2D eigenvalue weighted by Gasteiger charge is 2.33. The van der Waals surface area contributed by atoms with Crippen molar-refractivity contribution in [3.63, 3.8) is 0 Å². The van der Waals surface area contributed by atoms with Crippen LogP contribution in [0.3, 0.4) is 0 Å². The molecule has 0 N–H and O–H groups in total. The fourth-order valence-electron chi connectivity index (χ4n) is 2.94. The maximum atomic E-state index is 6.25. The van der Waals surface area contributed by atoms with Crippen LogP contribution in [0.1, 0.15) is 74.8 Å². The summed E-state index contributed by atoms with van der Waals surface area (Å²) in [5.41, 5.74) is 3.66. The summed E-state index contributed by atoms with van der Waals surface area (Å²) in [7, 11) is 2.19. The molecule has 1 rings (SSSR count). The molecule has 0 bridgehead atoms. The van der Waals surface area contributed by atoms with Gasteiger partial charge >= 0.3 is 0 Å². The van der Waals surface area contributed by atoms with Crippen LogP contribution in [-0.4, -0.2) is 23.1 Å². The normalized spacial score (nSPS) is 13.2. The van der Waals surface area contributed by atoms with E-state index in [-0.39, 0.29) is 16.7 Å². The second kappa shape index (κ2) is 6.92. The second-order valence-electron chi connectivity index (χ2n) is 9.05. The van der Waals surface area contributed by atoms with Crippen molar-refractivity contribution in [3.05, 3.63) is 41.0 Å². The first-order chi connectivity index (χ1) is 10.7. The number of benzene rings is 1. The van der Waals surface area contributed by atoms with Gasteiger partial charge < -0.3 is 4.74 Å². The van der Waals surface area contributed by atoms with E-state index in [2.05, 4.69) is 105 Å². The monoisotopic (exact) mass is 331 g/mol. The van der Waals surface area contributed by atoms with E-state index in [0.29, 0.717) is 0 Å². The maximum absolute atomic E-state index is 6.25. The topological polar surface area (TPSA) is 12.5 Å². The van der Waals surface area contributed by atoms with E-state index in [4.69, 9.17) is 4.74 Å². The minimum atomic E-state index is -0.294. The zero-order valence-corrected chi connectivity index (χ0v) is 17.7. The second-order valence-corrected chi connectivity index (χ2v) is 9.05. The van der Waals surface area contributed by atoms with Crippen LogP contribution in [0.25, 0.3) is 0 Å². The molecule has 0 atom stereocenters. The molecule has 0 aromatic heterocycles. The average Bonchev–Trinajstić information content (AvgIpc) is 2.44. The van der Waals surface area contributed by atoms with E-state index in [9.17, 15) is 0 Å². The largest absolute Gasteiger partial charge is 0.484 e. The van der Waals surface area contributed by atoms with Crippen molar-refractivity contribution in [2.45, 2.75) is 85.9 Å². The Hall–Kier alpha value is -1.28. The molecule has 0 saturated heterocycles. The summed E-state index contributed by atoms with van der Waals surface area (Å²) < 4.78 is 6.25. The van der Waals surface area contributed by atoms with E-state index in [1.54, 1.807) is 0 Å². The molecule has 2 nitrogen and oxygen atoms in total. The third-order valence-electron chi connectivity index (χ3n) is 5.43. The van der Waals surface area contributed by atoms with Gasteiger partial charge in [-0.3, -0.25) is 4.90 Å². The first-order valence-corrected chi connectivity index (χ1v) is 8.87. The minimum absolute atomic E-state index is 0.0396. The molecule has 0 aliphatic heterocycles. The van der Waals surface area contributed by atoms with Crippen molar-refractivity contribution in [1.82, 2.24) is 4.90 Å². The van der Waals surface area contributed by atoms with Gasteiger partial charge in [0.05, 0.1) is 0 Å². The van der Waals surface area contributed by atoms with Crippen LogP contribution < -0.4 is 4.74 Å². The van der Waals surface area contributed by atoms with Crippen molar-refractivity contribution in [3.8, 4) is 5.75 Å². The van der Waals surface area contributed by atoms with Crippen LogP contribution in [0.2, 0.25) is 0 Å². The van der Waals surface area contributed by atoms with Crippen LogP contribution in [0, 0.1) is 0 Å². The Bertz CT molecular complexity index is 581. The summed E-state index contributed by atoms with van der Waals surface area (Å²) in [6.07, 6.45) is 0. The lowest BCUT2D eigenvalue weighted by molar-refractivity contribution is 0.0547. The number of ether oxygens (including phenoxy) is 1. The molecular formula is C22H37NO. The molecule has 136 valence electrons. The predicted molar refractivity (Wildman–Crippen MR) is 106 cm³/mol. The quantitative estimate of drug-likeness (QED) is 0.599. The van der Waals surface area contributed by atoms with Gasteiger partial charge in [0.1, 0.15) is 11.4 Å². The van der Waals surface area contributed by atoms with Crippen LogP contribution in [-0.2, 0) is 5.54 Å². The molecule has 0 spiro atoms. The lowest BCUT2D eigenvalue weighted by atomic mass is 9.88. The Morgan fingerprint density at radius 1 is 0.833 bits per heavy atom. The molecule has 0 fully saturated rings. The predicted octanol–water partition coefficient (Wildman–Crippen LogP) is 6.17. The first kappa shape index (κ1) is 20.8. The van der Waals surface area contributed by atoms with Crippen molar-refractivity contribution in [2.75, 3.05) is 7.05 Å². The van der Waals surface area contributed by atoms with Gasteiger partial charge in [0, 0.05) is 11.1 Å². The highest BCUT2D eigenvalue weighted by Crippen LogP contribution is 2.34. The zero-order valence-electron chi connectivity index (χ0n) is 17.7. The van der Waals surface area contributed by atoms with Crippen LogP contribution >= 0.6 is 0 Å². The summed E-state index contributed by atoms with van der Waals surface area (Å²) >= 11 is 0.